The predicted octanol–water partition coefficient (Wildman–Crippen LogP) is 2.28. The monoisotopic (exact) mass is 429 g/mol. The first-order valence-electron chi connectivity index (χ1n) is 10.1. The Morgan fingerprint density at radius 3 is 2.10 bits per heavy atom. The highest BCUT2D eigenvalue weighted by Crippen LogP contribution is 2.12. The maximum atomic E-state index is 13.4. The van der Waals surface area contributed by atoms with Crippen LogP contribution in [0.3, 0.4) is 0 Å². The van der Waals surface area contributed by atoms with Crippen molar-refractivity contribution in [2.75, 3.05) is 13.1 Å². The van der Waals surface area contributed by atoms with Gasteiger partial charge in [0.2, 0.25) is 5.91 Å². The molecule has 0 spiro atoms. The average Bonchev–Trinajstić information content (AvgIpc) is 2.60. The number of aliphatic hydroxyl groups is 1. The number of hydrogen-bond donors (Lipinski definition) is 5. The first kappa shape index (κ1) is 25.8. The Bertz CT molecular complexity index is 681. The Morgan fingerprint density at radius 2 is 1.60 bits per heavy atom. The van der Waals surface area contributed by atoms with Gasteiger partial charge in [0.25, 0.3) is 0 Å². The van der Waals surface area contributed by atoms with E-state index in [0.717, 1.165) is 12.1 Å². The Morgan fingerprint density at radius 1 is 1.00 bits per heavy atom. The molecule has 0 aromatic heterocycles. The molecule has 0 saturated heterocycles. The third-order valence-electron chi connectivity index (χ3n) is 4.43. The Balaban J connectivity index is 2.82. The molecule has 1 rings (SSSR count). The normalized spacial score (nSPS) is 14.4. The van der Waals surface area contributed by atoms with Crippen molar-refractivity contribution in [3.8, 4) is 0 Å². The molecular weight excluding hydrogens is 396 g/mol. The van der Waals surface area contributed by atoms with Crippen LogP contribution in [-0.2, 0) is 11.2 Å². The molecule has 3 atom stereocenters. The maximum absolute atomic E-state index is 13.4. The van der Waals surface area contributed by atoms with Crippen LogP contribution in [0, 0.1) is 23.5 Å². The van der Waals surface area contributed by atoms with Crippen molar-refractivity contribution in [1.82, 2.24) is 16.0 Å². The van der Waals surface area contributed by atoms with Gasteiger partial charge in [0.1, 0.15) is 11.6 Å². The van der Waals surface area contributed by atoms with E-state index in [1.165, 1.54) is 0 Å². The van der Waals surface area contributed by atoms with E-state index >= 15 is 0 Å². The molecule has 0 saturated carbocycles. The number of amides is 2. The zero-order valence-electron chi connectivity index (χ0n) is 17.9. The minimum absolute atomic E-state index is 0.0742. The van der Waals surface area contributed by atoms with Gasteiger partial charge in [-0.05, 0) is 42.4 Å². The highest BCUT2D eigenvalue weighted by atomic mass is 19.1. The van der Waals surface area contributed by atoms with E-state index in [0.29, 0.717) is 19.0 Å². The summed E-state index contributed by atoms with van der Waals surface area (Å²) in [6.45, 7) is 8.34. The zero-order chi connectivity index (χ0) is 22.8. The summed E-state index contributed by atoms with van der Waals surface area (Å²) in [5.41, 5.74) is 0.207. The van der Waals surface area contributed by atoms with Crippen molar-refractivity contribution in [3.63, 3.8) is 0 Å². The SMILES string of the molecule is CC(C)CNC(=O)[C@H](CC(C)C)NC[C@@H](O)[C@H](Cc1cc(F)cc(F)c1)NC(=O)O. The van der Waals surface area contributed by atoms with Crippen molar-refractivity contribution in [3.05, 3.63) is 35.4 Å². The van der Waals surface area contributed by atoms with Gasteiger partial charge < -0.3 is 26.2 Å². The topological polar surface area (TPSA) is 111 Å². The second kappa shape index (κ2) is 12.4. The molecule has 0 aliphatic rings. The molecule has 0 aliphatic heterocycles. The third-order valence-corrected chi connectivity index (χ3v) is 4.43. The summed E-state index contributed by atoms with van der Waals surface area (Å²) in [6.07, 6.45) is -2.18. The molecule has 7 nitrogen and oxygen atoms in total. The van der Waals surface area contributed by atoms with Crippen LogP contribution in [0.2, 0.25) is 0 Å². The summed E-state index contributed by atoms with van der Waals surface area (Å²) in [6, 6.07) is 1.31. The lowest BCUT2D eigenvalue weighted by Gasteiger charge is -2.26. The van der Waals surface area contributed by atoms with Crippen LogP contribution in [0.5, 0.6) is 0 Å². The van der Waals surface area contributed by atoms with E-state index in [1.54, 1.807) is 0 Å². The third kappa shape index (κ3) is 9.98. The van der Waals surface area contributed by atoms with Crippen LogP contribution in [-0.4, -0.2) is 53.5 Å². The number of carbonyl (C=O) groups excluding carboxylic acids is 1. The van der Waals surface area contributed by atoms with Crippen molar-refractivity contribution in [2.24, 2.45) is 11.8 Å². The molecule has 170 valence electrons. The maximum Gasteiger partial charge on any atom is 0.404 e. The molecule has 0 heterocycles. The minimum Gasteiger partial charge on any atom is -0.465 e. The molecule has 0 unspecified atom stereocenters. The number of hydrogen-bond acceptors (Lipinski definition) is 4. The lowest BCUT2D eigenvalue weighted by Crippen LogP contribution is -2.53. The lowest BCUT2D eigenvalue weighted by atomic mass is 9.99. The predicted molar refractivity (Wildman–Crippen MR) is 110 cm³/mol. The number of benzene rings is 1. The Hall–Kier alpha value is -2.26. The number of halogens is 2. The molecule has 9 heteroatoms. The van der Waals surface area contributed by atoms with Gasteiger partial charge in [-0.3, -0.25) is 4.79 Å². The second-order valence-corrected chi connectivity index (χ2v) is 8.33. The summed E-state index contributed by atoms with van der Waals surface area (Å²) in [5.74, 6) is -1.27. The van der Waals surface area contributed by atoms with E-state index in [9.17, 15) is 23.5 Å². The van der Waals surface area contributed by atoms with Gasteiger partial charge in [-0.15, -0.1) is 0 Å². The molecule has 0 aliphatic carbocycles. The first-order chi connectivity index (χ1) is 14.0. The Kier molecular flexibility index (Phi) is 10.7. The second-order valence-electron chi connectivity index (χ2n) is 8.33. The standard InChI is InChI=1S/C21H33F2N3O4/c1-12(2)5-18(20(28)25-10-13(3)4)24-11-19(27)17(26-21(29)30)8-14-6-15(22)9-16(23)7-14/h6-7,9,12-13,17-19,24,26-27H,5,8,10-11H2,1-4H3,(H,25,28)(H,29,30)/t17-,18-,19+/m0/s1. The van der Waals surface area contributed by atoms with Crippen molar-refractivity contribution in [1.29, 1.82) is 0 Å². The van der Waals surface area contributed by atoms with Crippen LogP contribution < -0.4 is 16.0 Å². The molecular formula is C21H33F2N3O4. The van der Waals surface area contributed by atoms with E-state index in [1.807, 2.05) is 27.7 Å². The summed E-state index contributed by atoms with van der Waals surface area (Å²) in [4.78, 5) is 23.6. The van der Waals surface area contributed by atoms with Crippen LogP contribution in [0.4, 0.5) is 13.6 Å². The summed E-state index contributed by atoms with van der Waals surface area (Å²) < 4.78 is 26.9. The van der Waals surface area contributed by atoms with E-state index in [-0.39, 0.29) is 36.3 Å². The largest absolute Gasteiger partial charge is 0.465 e. The summed E-state index contributed by atoms with van der Waals surface area (Å²) in [5, 5.41) is 27.6. The van der Waals surface area contributed by atoms with Crippen molar-refractivity contribution >= 4 is 12.0 Å². The van der Waals surface area contributed by atoms with E-state index in [4.69, 9.17) is 5.11 Å². The van der Waals surface area contributed by atoms with E-state index < -0.39 is 35.9 Å². The number of carbonyl (C=O) groups is 2. The zero-order valence-corrected chi connectivity index (χ0v) is 17.9. The molecule has 5 N–H and O–H groups in total. The van der Waals surface area contributed by atoms with Crippen molar-refractivity contribution < 1.29 is 28.6 Å². The first-order valence-corrected chi connectivity index (χ1v) is 10.1. The van der Waals surface area contributed by atoms with Crippen LogP contribution >= 0.6 is 0 Å². The van der Waals surface area contributed by atoms with Gasteiger partial charge in [0.05, 0.1) is 18.2 Å². The summed E-state index contributed by atoms with van der Waals surface area (Å²) >= 11 is 0. The Labute approximate surface area is 176 Å². The van der Waals surface area contributed by atoms with Crippen LogP contribution in [0.25, 0.3) is 0 Å². The fourth-order valence-electron chi connectivity index (χ4n) is 3.01. The highest BCUT2D eigenvalue weighted by molar-refractivity contribution is 5.81. The molecule has 1 aromatic carbocycles. The van der Waals surface area contributed by atoms with Crippen LogP contribution in [0.1, 0.15) is 39.7 Å². The van der Waals surface area contributed by atoms with Gasteiger partial charge in [0.15, 0.2) is 0 Å². The molecule has 2 amide bonds. The summed E-state index contributed by atoms with van der Waals surface area (Å²) in [7, 11) is 0. The fourth-order valence-corrected chi connectivity index (χ4v) is 3.01. The smallest absolute Gasteiger partial charge is 0.404 e. The molecule has 0 fully saturated rings. The van der Waals surface area contributed by atoms with Crippen molar-refractivity contribution in [2.45, 2.75) is 58.7 Å². The molecule has 0 bridgehead atoms. The van der Waals surface area contributed by atoms with Gasteiger partial charge >= 0.3 is 6.09 Å². The van der Waals surface area contributed by atoms with Crippen LogP contribution in [0.15, 0.2) is 18.2 Å². The molecule has 0 radical (unpaired) electrons. The van der Waals surface area contributed by atoms with Gasteiger partial charge in [-0.25, -0.2) is 13.6 Å². The van der Waals surface area contributed by atoms with Gasteiger partial charge in [-0.1, -0.05) is 27.7 Å². The number of carboxylic acid groups (broad SMARTS) is 1. The van der Waals surface area contributed by atoms with Gasteiger partial charge in [-0.2, -0.15) is 0 Å². The highest BCUT2D eigenvalue weighted by Gasteiger charge is 2.25. The average molecular weight is 430 g/mol. The number of nitrogens with one attached hydrogen (secondary N) is 3. The molecule has 1 aromatic rings. The number of rotatable bonds is 12. The van der Waals surface area contributed by atoms with Gasteiger partial charge in [0, 0.05) is 19.2 Å². The minimum atomic E-state index is -1.37. The fraction of sp³-hybridized carbons (Fsp3) is 0.619. The lowest BCUT2D eigenvalue weighted by molar-refractivity contribution is -0.123. The quantitative estimate of drug-likeness (QED) is 0.350. The molecule has 30 heavy (non-hydrogen) atoms. The van der Waals surface area contributed by atoms with E-state index in [2.05, 4.69) is 16.0 Å². The number of aliphatic hydroxyl groups excluding tert-OH is 1.